The lowest BCUT2D eigenvalue weighted by Gasteiger charge is -2.07. The van der Waals surface area contributed by atoms with E-state index in [2.05, 4.69) is 5.32 Å². The van der Waals surface area contributed by atoms with Gasteiger partial charge in [0.05, 0.1) is 11.0 Å². The molecular weight excluding hydrogens is 238 g/mol. The third-order valence-electron chi connectivity index (χ3n) is 2.11. The quantitative estimate of drug-likeness (QED) is 0.843. The van der Waals surface area contributed by atoms with Crippen LogP contribution >= 0.6 is 11.8 Å². The molecule has 1 atom stereocenters. The lowest BCUT2D eigenvalue weighted by Crippen LogP contribution is -2.19. The minimum Gasteiger partial charge on any atom is -0.480 e. The number of rotatable bonds is 5. The maximum atomic E-state index is 11.5. The van der Waals surface area contributed by atoms with Gasteiger partial charge < -0.3 is 10.4 Å². The van der Waals surface area contributed by atoms with Gasteiger partial charge in [-0.2, -0.15) is 0 Å². The smallest absolute Gasteiger partial charge is 0.316 e. The lowest BCUT2D eigenvalue weighted by atomic mass is 10.2. The molecule has 4 nitrogen and oxygen atoms in total. The highest BCUT2D eigenvalue weighted by atomic mass is 32.2. The Hall–Kier alpha value is -1.49. The van der Waals surface area contributed by atoms with Gasteiger partial charge in [0.25, 0.3) is 0 Å². The number of nitrogens with one attached hydrogen (secondary N) is 1. The second kappa shape index (κ2) is 6.30. The summed E-state index contributed by atoms with van der Waals surface area (Å²) in [7, 11) is 0. The van der Waals surface area contributed by atoms with Crippen LogP contribution in [0.1, 0.15) is 12.5 Å². The molecule has 0 saturated heterocycles. The molecule has 0 aromatic heterocycles. The fraction of sp³-hybridized carbons (Fsp3) is 0.333. The summed E-state index contributed by atoms with van der Waals surface area (Å²) in [5.74, 6) is -0.950. The SMILES string of the molecule is Cc1cccc(NC(=O)CSC(C)C(=O)O)c1. The van der Waals surface area contributed by atoms with Crippen LogP contribution in [0.15, 0.2) is 24.3 Å². The van der Waals surface area contributed by atoms with Gasteiger partial charge in [0.1, 0.15) is 0 Å². The molecule has 5 heteroatoms. The Balaban J connectivity index is 2.42. The zero-order valence-corrected chi connectivity index (χ0v) is 10.6. The standard InChI is InChI=1S/C12H15NO3S/c1-8-4-3-5-10(6-8)13-11(14)7-17-9(2)12(15)16/h3-6,9H,7H2,1-2H3,(H,13,14)(H,15,16). The molecule has 0 heterocycles. The van der Waals surface area contributed by atoms with Gasteiger partial charge >= 0.3 is 5.97 Å². The lowest BCUT2D eigenvalue weighted by molar-refractivity contribution is -0.136. The van der Waals surface area contributed by atoms with E-state index in [0.717, 1.165) is 23.0 Å². The Labute approximate surface area is 104 Å². The first-order valence-corrected chi connectivity index (χ1v) is 6.25. The fourth-order valence-corrected chi connectivity index (χ4v) is 1.81. The summed E-state index contributed by atoms with van der Waals surface area (Å²) in [4.78, 5) is 22.1. The van der Waals surface area contributed by atoms with Gasteiger partial charge in [-0.1, -0.05) is 12.1 Å². The number of amides is 1. The van der Waals surface area contributed by atoms with Crippen molar-refractivity contribution in [2.75, 3.05) is 11.1 Å². The number of carboxylic acid groups (broad SMARTS) is 1. The molecule has 1 amide bonds. The van der Waals surface area contributed by atoms with Crippen molar-refractivity contribution in [1.82, 2.24) is 0 Å². The van der Waals surface area contributed by atoms with Crippen molar-refractivity contribution in [2.24, 2.45) is 0 Å². The van der Waals surface area contributed by atoms with Crippen molar-refractivity contribution in [1.29, 1.82) is 0 Å². The minimum absolute atomic E-state index is 0.140. The molecule has 1 aromatic carbocycles. The molecule has 1 rings (SSSR count). The number of carbonyl (C=O) groups is 2. The molecular formula is C12H15NO3S. The van der Waals surface area contributed by atoms with E-state index < -0.39 is 11.2 Å². The predicted octanol–water partition coefficient (Wildman–Crippen LogP) is 2.14. The zero-order chi connectivity index (χ0) is 12.8. The summed E-state index contributed by atoms with van der Waals surface area (Å²) in [6, 6.07) is 7.47. The number of hydrogen-bond donors (Lipinski definition) is 2. The summed E-state index contributed by atoms with van der Waals surface area (Å²) < 4.78 is 0. The Kier molecular flexibility index (Phi) is 5.03. The summed E-state index contributed by atoms with van der Waals surface area (Å²) in [6.45, 7) is 3.50. The first-order valence-electron chi connectivity index (χ1n) is 5.20. The van der Waals surface area contributed by atoms with E-state index in [1.165, 1.54) is 0 Å². The molecule has 1 aromatic rings. The van der Waals surface area contributed by atoms with Crippen LogP contribution in [0.25, 0.3) is 0 Å². The maximum Gasteiger partial charge on any atom is 0.316 e. The fourth-order valence-electron chi connectivity index (χ4n) is 1.19. The van der Waals surface area contributed by atoms with Crippen molar-refractivity contribution in [2.45, 2.75) is 19.1 Å². The second-order valence-corrected chi connectivity index (χ2v) is 5.04. The second-order valence-electron chi connectivity index (χ2n) is 3.71. The number of carbonyl (C=O) groups excluding carboxylic acids is 1. The van der Waals surface area contributed by atoms with Gasteiger partial charge in [-0.25, -0.2) is 0 Å². The van der Waals surface area contributed by atoms with E-state index in [-0.39, 0.29) is 11.7 Å². The van der Waals surface area contributed by atoms with Gasteiger partial charge in [-0.3, -0.25) is 9.59 Å². The highest BCUT2D eigenvalue weighted by molar-refractivity contribution is 8.01. The van der Waals surface area contributed by atoms with E-state index in [1.54, 1.807) is 13.0 Å². The Morgan fingerprint density at radius 3 is 2.76 bits per heavy atom. The molecule has 92 valence electrons. The van der Waals surface area contributed by atoms with E-state index in [1.807, 2.05) is 25.1 Å². The molecule has 0 bridgehead atoms. The van der Waals surface area contributed by atoms with E-state index in [9.17, 15) is 9.59 Å². The molecule has 0 saturated carbocycles. The topological polar surface area (TPSA) is 66.4 Å². The Morgan fingerprint density at radius 1 is 1.47 bits per heavy atom. The third kappa shape index (κ3) is 4.91. The van der Waals surface area contributed by atoms with E-state index >= 15 is 0 Å². The zero-order valence-electron chi connectivity index (χ0n) is 9.77. The number of aliphatic carboxylic acids is 1. The number of anilines is 1. The normalized spacial score (nSPS) is 11.9. The number of thioether (sulfide) groups is 1. The Morgan fingerprint density at radius 2 is 2.18 bits per heavy atom. The average molecular weight is 253 g/mol. The van der Waals surface area contributed by atoms with Crippen LogP contribution in [0, 0.1) is 6.92 Å². The average Bonchev–Trinajstić information content (AvgIpc) is 2.25. The van der Waals surface area contributed by atoms with Crippen molar-refractivity contribution in [3.8, 4) is 0 Å². The molecule has 0 aliphatic rings. The summed E-state index contributed by atoms with van der Waals surface area (Å²) in [6.07, 6.45) is 0. The molecule has 0 spiro atoms. The van der Waals surface area contributed by atoms with E-state index in [4.69, 9.17) is 5.11 Å². The molecule has 0 aliphatic heterocycles. The van der Waals surface area contributed by atoms with Gasteiger partial charge in [-0.15, -0.1) is 11.8 Å². The monoisotopic (exact) mass is 253 g/mol. The summed E-state index contributed by atoms with van der Waals surface area (Å²) in [5, 5.41) is 10.8. The number of benzene rings is 1. The molecule has 2 N–H and O–H groups in total. The summed E-state index contributed by atoms with van der Waals surface area (Å²) >= 11 is 1.10. The largest absolute Gasteiger partial charge is 0.480 e. The van der Waals surface area contributed by atoms with Crippen molar-refractivity contribution >= 4 is 29.3 Å². The van der Waals surface area contributed by atoms with Crippen LogP contribution in [0.2, 0.25) is 0 Å². The number of aryl methyl sites for hydroxylation is 1. The molecule has 0 radical (unpaired) electrons. The highest BCUT2D eigenvalue weighted by Gasteiger charge is 2.13. The first-order chi connectivity index (χ1) is 7.99. The van der Waals surface area contributed by atoms with Crippen LogP contribution in [0.4, 0.5) is 5.69 Å². The van der Waals surface area contributed by atoms with Crippen molar-refractivity contribution < 1.29 is 14.7 Å². The van der Waals surface area contributed by atoms with E-state index in [0.29, 0.717) is 0 Å². The highest BCUT2D eigenvalue weighted by Crippen LogP contribution is 2.13. The Bertz CT molecular complexity index is 420. The molecule has 0 fully saturated rings. The number of hydrogen-bond acceptors (Lipinski definition) is 3. The van der Waals surface area contributed by atoms with Crippen LogP contribution in [0.5, 0.6) is 0 Å². The van der Waals surface area contributed by atoms with Gasteiger partial charge in [0, 0.05) is 5.69 Å². The predicted molar refractivity (Wildman–Crippen MR) is 69.4 cm³/mol. The van der Waals surface area contributed by atoms with Crippen molar-refractivity contribution in [3.63, 3.8) is 0 Å². The molecule has 0 aliphatic carbocycles. The third-order valence-corrected chi connectivity index (χ3v) is 3.24. The molecule has 17 heavy (non-hydrogen) atoms. The van der Waals surface area contributed by atoms with Gasteiger partial charge in [-0.05, 0) is 31.5 Å². The van der Waals surface area contributed by atoms with Gasteiger partial charge in [0.2, 0.25) is 5.91 Å². The molecule has 1 unspecified atom stereocenters. The van der Waals surface area contributed by atoms with Crippen LogP contribution in [-0.2, 0) is 9.59 Å². The first kappa shape index (κ1) is 13.6. The van der Waals surface area contributed by atoms with Gasteiger partial charge in [0.15, 0.2) is 0 Å². The van der Waals surface area contributed by atoms with Crippen LogP contribution in [0.3, 0.4) is 0 Å². The summed E-state index contributed by atoms with van der Waals surface area (Å²) in [5.41, 5.74) is 1.80. The van der Waals surface area contributed by atoms with Crippen LogP contribution in [-0.4, -0.2) is 28.0 Å². The van der Waals surface area contributed by atoms with Crippen molar-refractivity contribution in [3.05, 3.63) is 29.8 Å². The number of carboxylic acids is 1. The van der Waals surface area contributed by atoms with Crippen LogP contribution < -0.4 is 5.32 Å². The maximum absolute atomic E-state index is 11.5. The minimum atomic E-state index is -0.904.